The Morgan fingerprint density at radius 2 is 2.07 bits per heavy atom. The third kappa shape index (κ3) is 3.44. The molecule has 88 valence electrons. The van der Waals surface area contributed by atoms with Crippen LogP contribution in [0.1, 0.15) is 32.1 Å². The van der Waals surface area contributed by atoms with E-state index in [0.717, 1.165) is 6.04 Å². The van der Waals surface area contributed by atoms with Crippen LogP contribution in [-0.2, 0) is 4.74 Å². The van der Waals surface area contributed by atoms with Gasteiger partial charge in [0, 0.05) is 26.2 Å². The standard InChI is InChI=1S/C12H24N2O/c1-15-12-5-9-14(10-6-12)8-4-11-3-2-7-13-11/h11-13H,2-10H2,1H3. The van der Waals surface area contributed by atoms with Gasteiger partial charge >= 0.3 is 0 Å². The van der Waals surface area contributed by atoms with Crippen molar-refractivity contribution >= 4 is 0 Å². The number of likely N-dealkylation sites (tertiary alicyclic amines) is 1. The smallest absolute Gasteiger partial charge is 0.0595 e. The highest BCUT2D eigenvalue weighted by Gasteiger charge is 2.20. The fourth-order valence-electron chi connectivity index (χ4n) is 2.71. The molecule has 3 heteroatoms. The van der Waals surface area contributed by atoms with Crippen molar-refractivity contribution in [2.24, 2.45) is 0 Å². The fourth-order valence-corrected chi connectivity index (χ4v) is 2.71. The molecule has 15 heavy (non-hydrogen) atoms. The van der Waals surface area contributed by atoms with Crippen molar-refractivity contribution < 1.29 is 4.74 Å². The lowest BCUT2D eigenvalue weighted by molar-refractivity contribution is 0.0402. The van der Waals surface area contributed by atoms with Crippen LogP contribution in [0.5, 0.6) is 0 Å². The van der Waals surface area contributed by atoms with Crippen LogP contribution in [0.4, 0.5) is 0 Å². The van der Waals surface area contributed by atoms with Gasteiger partial charge in [-0.1, -0.05) is 0 Å². The van der Waals surface area contributed by atoms with Gasteiger partial charge in [-0.25, -0.2) is 0 Å². The Morgan fingerprint density at radius 3 is 2.67 bits per heavy atom. The molecule has 0 saturated carbocycles. The fraction of sp³-hybridized carbons (Fsp3) is 1.00. The van der Waals surface area contributed by atoms with E-state index in [-0.39, 0.29) is 0 Å². The number of rotatable bonds is 4. The Morgan fingerprint density at radius 1 is 1.27 bits per heavy atom. The Bertz CT molecular complexity index is 172. The second-order valence-electron chi connectivity index (χ2n) is 4.86. The van der Waals surface area contributed by atoms with E-state index in [1.165, 1.54) is 58.3 Å². The molecule has 0 spiro atoms. The van der Waals surface area contributed by atoms with Gasteiger partial charge in [0.15, 0.2) is 0 Å². The first-order chi connectivity index (χ1) is 7.38. The van der Waals surface area contributed by atoms with Crippen LogP contribution in [0.3, 0.4) is 0 Å². The van der Waals surface area contributed by atoms with Crippen LogP contribution in [0.2, 0.25) is 0 Å². The molecule has 0 bridgehead atoms. The Labute approximate surface area is 93.2 Å². The van der Waals surface area contributed by atoms with E-state index in [1.54, 1.807) is 0 Å². The first-order valence-electron chi connectivity index (χ1n) is 6.37. The lowest BCUT2D eigenvalue weighted by Gasteiger charge is -2.31. The number of methoxy groups -OCH3 is 1. The highest BCUT2D eigenvalue weighted by atomic mass is 16.5. The summed E-state index contributed by atoms with van der Waals surface area (Å²) >= 11 is 0. The Kier molecular flexibility index (Phi) is 4.42. The summed E-state index contributed by atoms with van der Waals surface area (Å²) < 4.78 is 5.38. The number of hydrogen-bond acceptors (Lipinski definition) is 3. The molecule has 0 aromatic rings. The predicted molar refractivity (Wildman–Crippen MR) is 62.1 cm³/mol. The zero-order chi connectivity index (χ0) is 10.5. The highest BCUT2D eigenvalue weighted by molar-refractivity contribution is 4.78. The second-order valence-corrected chi connectivity index (χ2v) is 4.86. The van der Waals surface area contributed by atoms with E-state index in [2.05, 4.69) is 10.2 Å². The van der Waals surface area contributed by atoms with Gasteiger partial charge in [0.1, 0.15) is 0 Å². The van der Waals surface area contributed by atoms with Crippen LogP contribution >= 0.6 is 0 Å². The minimum absolute atomic E-state index is 0.519. The maximum atomic E-state index is 5.38. The molecule has 1 unspecified atom stereocenters. The number of nitrogens with zero attached hydrogens (tertiary/aromatic N) is 1. The molecule has 0 radical (unpaired) electrons. The van der Waals surface area contributed by atoms with E-state index in [1.807, 2.05) is 7.11 Å². The van der Waals surface area contributed by atoms with Crippen LogP contribution in [-0.4, -0.2) is 50.3 Å². The summed E-state index contributed by atoms with van der Waals surface area (Å²) in [7, 11) is 1.84. The highest BCUT2D eigenvalue weighted by Crippen LogP contribution is 2.15. The number of nitrogens with one attached hydrogen (secondary N) is 1. The molecular formula is C12H24N2O. The molecule has 1 N–H and O–H groups in total. The number of piperidine rings is 1. The van der Waals surface area contributed by atoms with Crippen LogP contribution in [0.25, 0.3) is 0 Å². The maximum Gasteiger partial charge on any atom is 0.0595 e. The van der Waals surface area contributed by atoms with E-state index in [0.29, 0.717) is 6.10 Å². The summed E-state index contributed by atoms with van der Waals surface area (Å²) in [4.78, 5) is 2.59. The van der Waals surface area contributed by atoms with Crippen LogP contribution < -0.4 is 5.32 Å². The van der Waals surface area contributed by atoms with E-state index in [4.69, 9.17) is 4.74 Å². The topological polar surface area (TPSA) is 24.5 Å². The second kappa shape index (κ2) is 5.83. The van der Waals surface area contributed by atoms with E-state index >= 15 is 0 Å². The van der Waals surface area contributed by atoms with Gasteiger partial charge < -0.3 is 15.0 Å². The summed E-state index contributed by atoms with van der Waals surface area (Å²) in [6.07, 6.45) is 7.04. The average Bonchev–Trinajstić information content (AvgIpc) is 2.80. The predicted octanol–water partition coefficient (Wildman–Crippen LogP) is 1.24. The van der Waals surface area contributed by atoms with Gasteiger partial charge in [0.05, 0.1) is 6.10 Å². The van der Waals surface area contributed by atoms with Crippen molar-refractivity contribution in [3.05, 3.63) is 0 Å². The molecule has 2 fully saturated rings. The molecule has 0 aromatic carbocycles. The summed E-state index contributed by atoms with van der Waals surface area (Å²) in [6, 6.07) is 0.796. The lowest BCUT2D eigenvalue weighted by Crippen LogP contribution is -2.39. The quantitative estimate of drug-likeness (QED) is 0.759. The van der Waals surface area contributed by atoms with Crippen LogP contribution in [0.15, 0.2) is 0 Å². The van der Waals surface area contributed by atoms with Crippen molar-refractivity contribution in [2.75, 3.05) is 33.3 Å². The third-order valence-corrected chi connectivity index (χ3v) is 3.82. The molecule has 2 saturated heterocycles. The van der Waals surface area contributed by atoms with Gasteiger partial charge in [-0.15, -0.1) is 0 Å². The van der Waals surface area contributed by atoms with Crippen molar-refractivity contribution in [2.45, 2.75) is 44.2 Å². The van der Waals surface area contributed by atoms with E-state index < -0.39 is 0 Å². The first kappa shape index (κ1) is 11.4. The first-order valence-corrected chi connectivity index (χ1v) is 6.37. The Hall–Kier alpha value is -0.120. The minimum Gasteiger partial charge on any atom is -0.381 e. The van der Waals surface area contributed by atoms with Crippen LogP contribution in [0, 0.1) is 0 Å². The summed E-state index contributed by atoms with van der Waals surface area (Å²) in [5, 5.41) is 3.56. The number of hydrogen-bond donors (Lipinski definition) is 1. The molecule has 1 atom stereocenters. The molecule has 0 aliphatic carbocycles. The van der Waals surface area contributed by atoms with Crippen molar-refractivity contribution in [1.82, 2.24) is 10.2 Å². The molecule has 2 heterocycles. The van der Waals surface area contributed by atoms with Crippen molar-refractivity contribution in [3.8, 4) is 0 Å². The number of ether oxygens (including phenoxy) is 1. The third-order valence-electron chi connectivity index (χ3n) is 3.82. The zero-order valence-electron chi connectivity index (χ0n) is 9.87. The summed E-state index contributed by atoms with van der Waals surface area (Å²) in [6.45, 7) is 4.96. The molecule has 2 rings (SSSR count). The largest absolute Gasteiger partial charge is 0.381 e. The minimum atomic E-state index is 0.519. The zero-order valence-corrected chi connectivity index (χ0v) is 9.87. The normalized spacial score (nSPS) is 29.8. The monoisotopic (exact) mass is 212 g/mol. The molecule has 0 aromatic heterocycles. The molecule has 2 aliphatic rings. The lowest BCUT2D eigenvalue weighted by atomic mass is 10.1. The summed E-state index contributed by atoms with van der Waals surface area (Å²) in [5.41, 5.74) is 0. The summed E-state index contributed by atoms with van der Waals surface area (Å²) in [5.74, 6) is 0. The van der Waals surface area contributed by atoms with Gasteiger partial charge in [-0.05, 0) is 45.2 Å². The van der Waals surface area contributed by atoms with Gasteiger partial charge in [0.2, 0.25) is 0 Å². The molecule has 2 aliphatic heterocycles. The van der Waals surface area contributed by atoms with Gasteiger partial charge in [-0.2, -0.15) is 0 Å². The SMILES string of the molecule is COC1CCN(CCC2CCCN2)CC1. The molecule has 3 nitrogen and oxygen atoms in total. The average molecular weight is 212 g/mol. The van der Waals surface area contributed by atoms with Crippen molar-refractivity contribution in [3.63, 3.8) is 0 Å². The van der Waals surface area contributed by atoms with Gasteiger partial charge in [0.25, 0.3) is 0 Å². The Balaban J connectivity index is 1.59. The van der Waals surface area contributed by atoms with Gasteiger partial charge in [-0.3, -0.25) is 0 Å². The maximum absolute atomic E-state index is 5.38. The van der Waals surface area contributed by atoms with Crippen molar-refractivity contribution in [1.29, 1.82) is 0 Å². The van der Waals surface area contributed by atoms with E-state index in [9.17, 15) is 0 Å². The molecular weight excluding hydrogens is 188 g/mol. The molecule has 0 amide bonds.